The molecule has 1 fully saturated rings. The van der Waals surface area contributed by atoms with Gasteiger partial charge in [-0.2, -0.15) is 0 Å². The Kier molecular flexibility index (Phi) is 7.09. The Hall–Kier alpha value is -1.56. The van der Waals surface area contributed by atoms with E-state index in [9.17, 15) is 14.0 Å². The Morgan fingerprint density at radius 3 is 2.50 bits per heavy atom. The largest absolute Gasteiger partial charge is 0.338 e. The number of hydrogen-bond donors (Lipinski definition) is 0. The maximum absolute atomic E-state index is 14.3. The van der Waals surface area contributed by atoms with Gasteiger partial charge in [0.2, 0.25) is 11.8 Å². The van der Waals surface area contributed by atoms with E-state index >= 15 is 0 Å². The topological polar surface area (TPSA) is 40.6 Å². The normalized spacial score (nSPS) is 20.3. The fourth-order valence-electron chi connectivity index (χ4n) is 3.17. The number of benzene rings is 1. The minimum absolute atomic E-state index is 0.00303. The number of nitrogens with zero attached hydrogens (tertiary/aromatic N) is 2. The highest BCUT2D eigenvalue weighted by molar-refractivity contribution is 8.01. The number of halogens is 1. The van der Waals surface area contributed by atoms with Gasteiger partial charge in [0.1, 0.15) is 11.2 Å². The summed E-state index contributed by atoms with van der Waals surface area (Å²) in [5.74, 6) is 0.0977. The number of hydrogen-bond acceptors (Lipinski definition) is 3. The van der Waals surface area contributed by atoms with Gasteiger partial charge in [-0.05, 0) is 32.8 Å². The highest BCUT2D eigenvalue weighted by Crippen LogP contribution is 2.43. The molecule has 0 saturated carbocycles. The molecule has 1 heterocycles. The number of carbonyl (C=O) groups is 2. The van der Waals surface area contributed by atoms with Crippen LogP contribution in [-0.4, -0.2) is 46.0 Å². The molecule has 0 aliphatic carbocycles. The summed E-state index contributed by atoms with van der Waals surface area (Å²) in [5.41, 5.74) is 0.528. The minimum Gasteiger partial charge on any atom is -0.338 e. The van der Waals surface area contributed by atoms with Crippen molar-refractivity contribution in [3.8, 4) is 0 Å². The monoisotopic (exact) mass is 380 g/mol. The standard InChI is InChI=1S/C20H29FN2O2S/c1-13(2)12-18(24)22(14(3)4)10-11-23-19(25)15(5)26-20(23)16-8-6-7-9-17(16)21/h6-9,13-15,20H,10-12H2,1-5H3. The van der Waals surface area contributed by atoms with Crippen LogP contribution in [0.4, 0.5) is 4.39 Å². The third-order valence-corrected chi connectivity index (χ3v) is 5.90. The van der Waals surface area contributed by atoms with E-state index in [-0.39, 0.29) is 34.3 Å². The van der Waals surface area contributed by atoms with Crippen molar-refractivity contribution in [3.63, 3.8) is 0 Å². The average Bonchev–Trinajstić information content (AvgIpc) is 2.82. The number of amides is 2. The summed E-state index contributed by atoms with van der Waals surface area (Å²) in [4.78, 5) is 28.7. The zero-order chi connectivity index (χ0) is 19.4. The second-order valence-electron chi connectivity index (χ2n) is 7.46. The second kappa shape index (κ2) is 8.89. The summed E-state index contributed by atoms with van der Waals surface area (Å²) in [7, 11) is 0. The molecule has 1 aliphatic heterocycles. The molecule has 0 aromatic heterocycles. The third-order valence-electron chi connectivity index (χ3n) is 4.53. The Morgan fingerprint density at radius 2 is 1.92 bits per heavy atom. The van der Waals surface area contributed by atoms with Gasteiger partial charge >= 0.3 is 0 Å². The lowest BCUT2D eigenvalue weighted by Crippen LogP contribution is -2.44. The first-order valence-electron chi connectivity index (χ1n) is 9.22. The van der Waals surface area contributed by atoms with E-state index in [2.05, 4.69) is 0 Å². The van der Waals surface area contributed by atoms with E-state index in [1.54, 1.807) is 23.1 Å². The van der Waals surface area contributed by atoms with E-state index < -0.39 is 0 Å². The molecule has 2 rings (SSSR count). The molecule has 2 atom stereocenters. The van der Waals surface area contributed by atoms with Crippen LogP contribution in [0.3, 0.4) is 0 Å². The Bertz CT molecular complexity index is 650. The van der Waals surface area contributed by atoms with Crippen LogP contribution in [0, 0.1) is 11.7 Å². The highest BCUT2D eigenvalue weighted by Gasteiger charge is 2.39. The van der Waals surface area contributed by atoms with Crippen molar-refractivity contribution in [3.05, 3.63) is 35.6 Å². The van der Waals surface area contributed by atoms with Gasteiger partial charge < -0.3 is 9.80 Å². The molecule has 2 unspecified atom stereocenters. The van der Waals surface area contributed by atoms with Crippen LogP contribution in [-0.2, 0) is 9.59 Å². The maximum atomic E-state index is 14.3. The summed E-state index contributed by atoms with van der Waals surface area (Å²) >= 11 is 1.46. The van der Waals surface area contributed by atoms with Crippen LogP contribution in [0.5, 0.6) is 0 Å². The number of carbonyl (C=O) groups excluding carboxylic acids is 2. The molecule has 4 nitrogen and oxygen atoms in total. The lowest BCUT2D eigenvalue weighted by atomic mass is 10.1. The van der Waals surface area contributed by atoms with Gasteiger partial charge in [-0.1, -0.05) is 32.0 Å². The van der Waals surface area contributed by atoms with Gasteiger partial charge in [0.25, 0.3) is 0 Å². The molecule has 1 aromatic rings. The molecular weight excluding hydrogens is 351 g/mol. The van der Waals surface area contributed by atoms with Gasteiger partial charge in [-0.3, -0.25) is 9.59 Å². The van der Waals surface area contributed by atoms with Crippen molar-refractivity contribution < 1.29 is 14.0 Å². The zero-order valence-corrected chi connectivity index (χ0v) is 17.1. The summed E-state index contributed by atoms with van der Waals surface area (Å²) in [5, 5.41) is -0.550. The molecular formula is C20H29FN2O2S. The van der Waals surface area contributed by atoms with Crippen LogP contribution in [0.15, 0.2) is 24.3 Å². The minimum atomic E-state index is -0.340. The fraction of sp³-hybridized carbons (Fsp3) is 0.600. The predicted octanol–water partition coefficient (Wildman–Crippen LogP) is 4.07. The zero-order valence-electron chi connectivity index (χ0n) is 16.2. The Morgan fingerprint density at radius 1 is 1.27 bits per heavy atom. The smallest absolute Gasteiger partial charge is 0.236 e. The first-order valence-corrected chi connectivity index (χ1v) is 10.2. The molecule has 1 saturated heterocycles. The first kappa shape index (κ1) is 20.7. The van der Waals surface area contributed by atoms with Crippen molar-refractivity contribution in [2.45, 2.75) is 57.7 Å². The molecule has 1 aromatic carbocycles. The molecule has 1 aliphatic rings. The van der Waals surface area contributed by atoms with Crippen molar-refractivity contribution in [2.75, 3.05) is 13.1 Å². The molecule has 0 spiro atoms. The SMILES string of the molecule is CC(C)CC(=O)N(CCN1C(=O)C(C)SC1c1ccccc1F)C(C)C. The first-order chi connectivity index (χ1) is 12.2. The maximum Gasteiger partial charge on any atom is 0.236 e. The summed E-state index contributed by atoms with van der Waals surface area (Å²) < 4.78 is 14.3. The van der Waals surface area contributed by atoms with E-state index in [0.29, 0.717) is 31.0 Å². The van der Waals surface area contributed by atoms with Crippen LogP contribution in [0.2, 0.25) is 0 Å². The van der Waals surface area contributed by atoms with Crippen molar-refractivity contribution in [2.24, 2.45) is 5.92 Å². The van der Waals surface area contributed by atoms with Crippen molar-refractivity contribution >= 4 is 23.6 Å². The van der Waals surface area contributed by atoms with E-state index in [1.807, 2.05) is 39.5 Å². The van der Waals surface area contributed by atoms with Gasteiger partial charge in [-0.25, -0.2) is 4.39 Å². The van der Waals surface area contributed by atoms with Crippen LogP contribution in [0.1, 0.15) is 52.0 Å². The lowest BCUT2D eigenvalue weighted by molar-refractivity contribution is -0.136. The molecule has 144 valence electrons. The van der Waals surface area contributed by atoms with Crippen LogP contribution >= 0.6 is 11.8 Å². The Balaban J connectivity index is 2.15. The van der Waals surface area contributed by atoms with Gasteiger partial charge in [0.15, 0.2) is 0 Å². The molecule has 26 heavy (non-hydrogen) atoms. The van der Waals surface area contributed by atoms with Gasteiger partial charge in [0, 0.05) is 31.1 Å². The average molecular weight is 381 g/mol. The molecule has 2 amide bonds. The molecule has 0 radical (unpaired) electrons. The second-order valence-corrected chi connectivity index (χ2v) is 8.89. The molecule has 0 bridgehead atoms. The predicted molar refractivity (Wildman–Crippen MR) is 104 cm³/mol. The van der Waals surface area contributed by atoms with Crippen molar-refractivity contribution in [1.82, 2.24) is 9.80 Å². The fourth-order valence-corrected chi connectivity index (χ4v) is 4.50. The summed E-state index contributed by atoms with van der Waals surface area (Å²) in [6.45, 7) is 10.7. The van der Waals surface area contributed by atoms with Crippen LogP contribution in [0.25, 0.3) is 0 Å². The number of thioether (sulfide) groups is 1. The highest BCUT2D eigenvalue weighted by atomic mass is 32.2. The summed E-state index contributed by atoms with van der Waals surface area (Å²) in [6.07, 6.45) is 0.494. The Labute approximate surface area is 160 Å². The van der Waals surface area contributed by atoms with E-state index in [0.717, 1.165) is 0 Å². The molecule has 6 heteroatoms. The third kappa shape index (κ3) is 4.78. The molecule has 0 N–H and O–H groups in total. The quantitative estimate of drug-likeness (QED) is 0.716. The van der Waals surface area contributed by atoms with Crippen LogP contribution < -0.4 is 0 Å². The lowest BCUT2D eigenvalue weighted by Gasteiger charge is -2.31. The van der Waals surface area contributed by atoms with Gasteiger partial charge in [0.05, 0.1) is 5.25 Å². The van der Waals surface area contributed by atoms with Gasteiger partial charge in [-0.15, -0.1) is 11.8 Å². The van der Waals surface area contributed by atoms with Crippen molar-refractivity contribution in [1.29, 1.82) is 0 Å². The summed E-state index contributed by atoms with van der Waals surface area (Å²) in [6, 6.07) is 6.66. The number of rotatable bonds is 7. The van der Waals surface area contributed by atoms with E-state index in [1.165, 1.54) is 17.8 Å². The van der Waals surface area contributed by atoms with E-state index in [4.69, 9.17) is 0 Å².